The predicted molar refractivity (Wildman–Crippen MR) is 275 cm³/mol. The Morgan fingerprint density at radius 3 is 0.462 bits per heavy atom. The third kappa shape index (κ3) is 9.60. The van der Waals surface area contributed by atoms with E-state index in [0.717, 1.165) is 0 Å². The molecule has 0 aliphatic heterocycles. The van der Waals surface area contributed by atoms with E-state index in [2.05, 4.69) is 255 Å². The van der Waals surface area contributed by atoms with Gasteiger partial charge in [-0.15, -0.1) is 0 Å². The van der Waals surface area contributed by atoms with Crippen LogP contribution in [-0.2, 0) is 16.5 Å². The van der Waals surface area contributed by atoms with Gasteiger partial charge < -0.3 is 24.8 Å². The zero-order chi connectivity index (χ0) is 41.2. The van der Waals surface area contributed by atoms with E-state index in [9.17, 15) is 0 Å². The van der Waals surface area contributed by atoms with Gasteiger partial charge in [0.2, 0.25) is 0 Å². The molecule has 0 aliphatic rings. The monoisotopic (exact) mass is 952 g/mol. The zero-order valence-electron chi connectivity index (χ0n) is 35.2. The molecule has 0 saturated carbocycles. The van der Waals surface area contributed by atoms with E-state index < -0.39 is 15.8 Å². The third-order valence-electron chi connectivity index (χ3n) is 11.9. The maximum atomic E-state index is 2.38. The molecule has 0 aromatic heterocycles. The summed E-state index contributed by atoms with van der Waals surface area (Å²) in [7, 11) is -1.33. The first kappa shape index (κ1) is 45.7. The second-order valence-corrected chi connectivity index (χ2v) is 20.3. The Labute approximate surface area is 405 Å². The Balaban J connectivity index is 0.000000169. The van der Waals surface area contributed by atoms with Gasteiger partial charge >= 0.3 is 16.5 Å². The molecule has 0 spiro atoms. The van der Waals surface area contributed by atoms with E-state index in [0.29, 0.717) is 0 Å². The maximum absolute atomic E-state index is 2.38. The Morgan fingerprint density at radius 2 is 0.308 bits per heavy atom. The molecule has 0 nitrogen and oxygen atoms in total. The summed E-state index contributed by atoms with van der Waals surface area (Å²) in [6.07, 6.45) is 0. The quantitative estimate of drug-likeness (QED) is 0.118. The number of fused-ring (bicyclic) bond motifs is 6. The van der Waals surface area contributed by atoms with Crippen LogP contribution in [0.1, 0.15) is 0 Å². The van der Waals surface area contributed by atoms with Crippen molar-refractivity contribution >= 4 is 112 Å². The molecule has 0 atom stereocenters. The summed E-state index contributed by atoms with van der Waals surface area (Å²) in [6, 6.07) is 93.6. The first-order valence-corrected chi connectivity index (χ1v) is 23.9. The molecule has 316 valence electrons. The van der Waals surface area contributed by atoms with Crippen LogP contribution in [0.2, 0.25) is 0 Å². The van der Waals surface area contributed by atoms with E-state index in [4.69, 9.17) is 0 Å². The number of hydrogen-bond acceptors (Lipinski definition) is 0. The van der Waals surface area contributed by atoms with Gasteiger partial charge in [0.1, 0.15) is 0 Å². The van der Waals surface area contributed by atoms with Crippen LogP contribution in [-0.4, -0.2) is 0 Å². The van der Waals surface area contributed by atoms with Gasteiger partial charge in [0, 0.05) is 0 Å². The largest absolute Gasteiger partial charge is 2.00 e. The van der Waals surface area contributed by atoms with Crippen LogP contribution >= 0.6 is 15.8 Å². The Hall–Kier alpha value is -5.87. The van der Waals surface area contributed by atoms with Gasteiger partial charge in [-0.25, -0.2) is 0 Å². The van der Waals surface area contributed by atoms with Crippen molar-refractivity contribution in [3.05, 3.63) is 255 Å². The molecule has 12 rings (SSSR count). The first-order valence-electron chi connectivity index (χ1n) is 21.2. The van der Waals surface area contributed by atoms with E-state index in [1.165, 1.54) is 96.5 Å². The SMILES string of the molecule is [Cl-].[Cl-].[Ni+2].c1ccc2cc(P(c3ccc4ccccc4c3)c3ccc4ccccc4c3)ccc2c1.c1ccc2cc(P(c3ccc4ccccc4c3)c3ccc4ccccc4c3)ccc2c1. The van der Waals surface area contributed by atoms with Crippen molar-refractivity contribution in [2.75, 3.05) is 0 Å². The maximum Gasteiger partial charge on any atom is 2.00 e. The van der Waals surface area contributed by atoms with Gasteiger partial charge in [-0.1, -0.05) is 218 Å². The summed E-state index contributed by atoms with van der Waals surface area (Å²) < 4.78 is 0. The fourth-order valence-electron chi connectivity index (χ4n) is 8.79. The van der Waals surface area contributed by atoms with E-state index in [1.807, 2.05) is 0 Å². The minimum absolute atomic E-state index is 0. The van der Waals surface area contributed by atoms with Crippen molar-refractivity contribution in [1.82, 2.24) is 0 Å². The van der Waals surface area contributed by atoms with E-state index in [-0.39, 0.29) is 41.3 Å². The molecule has 0 amide bonds. The molecule has 12 aromatic rings. The van der Waals surface area contributed by atoms with Gasteiger partial charge in [0.25, 0.3) is 0 Å². The second kappa shape index (κ2) is 20.5. The van der Waals surface area contributed by atoms with Crippen LogP contribution < -0.4 is 56.6 Å². The number of hydrogen-bond donors (Lipinski definition) is 0. The molecule has 0 unspecified atom stereocenters. The number of halogens is 2. The second-order valence-electron chi connectivity index (χ2n) is 15.9. The van der Waals surface area contributed by atoms with Crippen molar-refractivity contribution in [1.29, 1.82) is 0 Å². The molecule has 12 aromatic carbocycles. The summed E-state index contributed by atoms with van der Waals surface area (Å²) in [5, 5.41) is 23.9. The van der Waals surface area contributed by atoms with Gasteiger partial charge in [-0.05, 0) is 149 Å². The summed E-state index contributed by atoms with van der Waals surface area (Å²) in [5.41, 5.74) is 0. The standard InChI is InChI=1S/2C30H21P.2ClH.Ni/c2*1-4-10-25-19-28(16-13-22(25)7-1)31(29-17-14-23-8-2-5-11-26(23)20-29)30-18-15-24-9-3-6-12-27(24)21-30;;;/h2*1-21H;2*1H;/q;;;;+2/p-2. The van der Waals surface area contributed by atoms with Crippen molar-refractivity contribution in [3.8, 4) is 0 Å². The first-order chi connectivity index (χ1) is 30.7. The average Bonchev–Trinajstić information content (AvgIpc) is 3.34. The summed E-state index contributed by atoms with van der Waals surface area (Å²) >= 11 is 0. The van der Waals surface area contributed by atoms with Gasteiger partial charge in [0.15, 0.2) is 0 Å². The molecule has 0 aliphatic carbocycles. The minimum atomic E-state index is -0.666. The average molecular weight is 955 g/mol. The van der Waals surface area contributed by atoms with Gasteiger partial charge in [-0.3, -0.25) is 0 Å². The molecular formula is C60H42Cl2NiP2. The fraction of sp³-hybridized carbons (Fsp3) is 0. The summed E-state index contributed by atoms with van der Waals surface area (Å²) in [6.45, 7) is 0. The minimum Gasteiger partial charge on any atom is -1.00 e. The Kier molecular flexibility index (Phi) is 14.4. The summed E-state index contributed by atoms with van der Waals surface area (Å²) in [5.74, 6) is 0. The van der Waals surface area contributed by atoms with E-state index in [1.54, 1.807) is 0 Å². The van der Waals surface area contributed by atoms with Crippen LogP contribution in [0.4, 0.5) is 0 Å². The van der Waals surface area contributed by atoms with Crippen LogP contribution in [0.3, 0.4) is 0 Å². The smallest absolute Gasteiger partial charge is 1.00 e. The fourth-order valence-corrected chi connectivity index (χ4v) is 13.5. The topological polar surface area (TPSA) is 0 Å². The molecule has 5 heteroatoms. The molecule has 0 radical (unpaired) electrons. The molecule has 0 saturated heterocycles. The van der Waals surface area contributed by atoms with Crippen molar-refractivity contribution in [3.63, 3.8) is 0 Å². The van der Waals surface area contributed by atoms with Crippen LogP contribution in [0, 0.1) is 0 Å². The molecule has 0 bridgehead atoms. The summed E-state index contributed by atoms with van der Waals surface area (Å²) in [4.78, 5) is 0. The van der Waals surface area contributed by atoms with Gasteiger partial charge in [-0.2, -0.15) is 0 Å². The van der Waals surface area contributed by atoms with Crippen molar-refractivity contribution in [2.45, 2.75) is 0 Å². The van der Waals surface area contributed by atoms with Crippen LogP contribution in [0.25, 0.3) is 64.6 Å². The number of rotatable bonds is 6. The zero-order valence-corrected chi connectivity index (χ0v) is 39.5. The van der Waals surface area contributed by atoms with Gasteiger partial charge in [0.05, 0.1) is 0 Å². The number of benzene rings is 12. The molecule has 0 N–H and O–H groups in total. The third-order valence-corrected chi connectivity index (χ3v) is 16.7. The molecular weight excluding hydrogens is 912 g/mol. The molecule has 0 fully saturated rings. The van der Waals surface area contributed by atoms with E-state index >= 15 is 0 Å². The Morgan fingerprint density at radius 1 is 0.169 bits per heavy atom. The normalized spacial score (nSPS) is 11.0. The predicted octanol–water partition coefficient (Wildman–Crippen LogP) is 7.81. The van der Waals surface area contributed by atoms with Crippen LogP contribution in [0.5, 0.6) is 0 Å². The Bertz CT molecular complexity index is 2980. The van der Waals surface area contributed by atoms with Crippen molar-refractivity contribution < 1.29 is 41.3 Å². The molecule has 65 heavy (non-hydrogen) atoms. The van der Waals surface area contributed by atoms with Crippen molar-refractivity contribution in [2.24, 2.45) is 0 Å². The molecule has 0 heterocycles. The van der Waals surface area contributed by atoms with Crippen LogP contribution in [0.15, 0.2) is 255 Å².